The van der Waals surface area contributed by atoms with Crippen LogP contribution in [0.15, 0.2) is 30.3 Å². The van der Waals surface area contributed by atoms with E-state index < -0.39 is 0 Å². The summed E-state index contributed by atoms with van der Waals surface area (Å²) >= 11 is 0. The zero-order valence-electron chi connectivity index (χ0n) is 11.0. The Morgan fingerprint density at radius 3 is 2.61 bits per heavy atom. The molecule has 0 heterocycles. The van der Waals surface area contributed by atoms with Gasteiger partial charge in [0.1, 0.15) is 0 Å². The molecule has 1 saturated carbocycles. The lowest BCUT2D eigenvalue weighted by molar-refractivity contribution is -0.136. The Hall–Kier alpha value is -1.35. The van der Waals surface area contributed by atoms with Crippen molar-refractivity contribution in [2.75, 3.05) is 6.54 Å². The fraction of sp³-hybridized carbons (Fsp3) is 0.533. The number of hydrogen-bond acceptors (Lipinski definition) is 2. The van der Waals surface area contributed by atoms with Gasteiger partial charge in [0, 0.05) is 18.5 Å². The van der Waals surface area contributed by atoms with Crippen molar-refractivity contribution in [3.63, 3.8) is 0 Å². The summed E-state index contributed by atoms with van der Waals surface area (Å²) in [6.45, 7) is 3.30. The molecule has 1 atom stereocenters. The molecule has 1 aliphatic rings. The van der Waals surface area contributed by atoms with Crippen molar-refractivity contribution in [2.45, 2.75) is 38.8 Å². The number of amides is 1. The lowest BCUT2D eigenvalue weighted by Gasteiger charge is -2.25. The van der Waals surface area contributed by atoms with Crippen LogP contribution in [-0.2, 0) is 11.3 Å². The fourth-order valence-electron chi connectivity index (χ4n) is 2.21. The fourth-order valence-corrected chi connectivity index (χ4v) is 2.21. The molecule has 18 heavy (non-hydrogen) atoms. The molecule has 2 rings (SSSR count). The zero-order valence-corrected chi connectivity index (χ0v) is 11.0. The van der Waals surface area contributed by atoms with Gasteiger partial charge in [-0.3, -0.25) is 4.79 Å². The van der Waals surface area contributed by atoms with Crippen molar-refractivity contribution in [3.05, 3.63) is 35.9 Å². The van der Waals surface area contributed by atoms with Gasteiger partial charge < -0.3 is 10.6 Å². The summed E-state index contributed by atoms with van der Waals surface area (Å²) in [4.78, 5) is 14.4. The minimum Gasteiger partial charge on any atom is -0.335 e. The number of nitrogens with zero attached hydrogens (tertiary/aromatic N) is 1. The zero-order chi connectivity index (χ0) is 13.0. The molecule has 1 unspecified atom stereocenters. The van der Waals surface area contributed by atoms with E-state index in [1.165, 1.54) is 5.56 Å². The highest BCUT2D eigenvalue weighted by Gasteiger charge is 2.34. The Kier molecular flexibility index (Phi) is 4.37. The third kappa shape index (κ3) is 3.33. The third-order valence-corrected chi connectivity index (χ3v) is 3.49. The molecule has 0 bridgehead atoms. The average molecular weight is 246 g/mol. The molecule has 1 aromatic rings. The molecule has 0 aromatic heterocycles. The van der Waals surface area contributed by atoms with Crippen molar-refractivity contribution in [2.24, 2.45) is 11.7 Å². The van der Waals surface area contributed by atoms with Crippen molar-refractivity contribution >= 4 is 5.91 Å². The second kappa shape index (κ2) is 6.01. The number of rotatable bonds is 6. The molecule has 0 aliphatic heterocycles. The molecular weight excluding hydrogens is 224 g/mol. The average Bonchev–Trinajstić information content (AvgIpc) is 3.21. The van der Waals surface area contributed by atoms with Gasteiger partial charge in [0.2, 0.25) is 5.91 Å². The maximum atomic E-state index is 12.4. The highest BCUT2D eigenvalue weighted by molar-refractivity contribution is 5.79. The van der Waals surface area contributed by atoms with Crippen LogP contribution in [0.3, 0.4) is 0 Å². The van der Waals surface area contributed by atoms with Gasteiger partial charge in [-0.15, -0.1) is 0 Å². The van der Waals surface area contributed by atoms with Gasteiger partial charge in [-0.05, 0) is 31.4 Å². The summed E-state index contributed by atoms with van der Waals surface area (Å²) < 4.78 is 0. The first kappa shape index (κ1) is 13.1. The number of carbonyl (C=O) groups is 1. The second-order valence-corrected chi connectivity index (χ2v) is 5.16. The Labute approximate surface area is 109 Å². The van der Waals surface area contributed by atoms with E-state index >= 15 is 0 Å². The predicted octanol–water partition coefficient (Wildman–Crippen LogP) is 2.16. The predicted molar refractivity (Wildman–Crippen MR) is 72.8 cm³/mol. The van der Waals surface area contributed by atoms with Gasteiger partial charge in [-0.1, -0.05) is 37.3 Å². The summed E-state index contributed by atoms with van der Waals surface area (Å²) in [5.41, 5.74) is 6.75. The SMILES string of the molecule is CC(CCN)C(=O)N(Cc1ccccc1)C1CC1. The van der Waals surface area contributed by atoms with Gasteiger partial charge in [-0.25, -0.2) is 0 Å². The van der Waals surface area contributed by atoms with E-state index in [4.69, 9.17) is 5.73 Å². The second-order valence-electron chi connectivity index (χ2n) is 5.16. The van der Waals surface area contributed by atoms with E-state index in [0.29, 0.717) is 12.6 Å². The highest BCUT2D eigenvalue weighted by Crippen LogP contribution is 2.30. The van der Waals surface area contributed by atoms with Crippen LogP contribution in [0.2, 0.25) is 0 Å². The van der Waals surface area contributed by atoms with E-state index in [0.717, 1.165) is 25.8 Å². The van der Waals surface area contributed by atoms with Crippen molar-refractivity contribution in [3.8, 4) is 0 Å². The summed E-state index contributed by atoms with van der Waals surface area (Å²) in [6.07, 6.45) is 3.07. The van der Waals surface area contributed by atoms with Gasteiger partial charge in [0.25, 0.3) is 0 Å². The Balaban J connectivity index is 2.02. The first-order valence-electron chi connectivity index (χ1n) is 6.77. The quantitative estimate of drug-likeness (QED) is 0.836. The Morgan fingerprint density at radius 1 is 1.39 bits per heavy atom. The summed E-state index contributed by atoms with van der Waals surface area (Å²) in [7, 11) is 0. The van der Waals surface area contributed by atoms with Gasteiger partial charge in [0.05, 0.1) is 0 Å². The number of carbonyl (C=O) groups excluding carboxylic acids is 1. The van der Waals surface area contributed by atoms with Gasteiger partial charge >= 0.3 is 0 Å². The van der Waals surface area contributed by atoms with E-state index in [1.807, 2.05) is 30.0 Å². The standard InChI is InChI=1S/C15H22N2O/c1-12(9-10-16)15(18)17(14-7-8-14)11-13-5-3-2-4-6-13/h2-6,12,14H,7-11,16H2,1H3. The normalized spacial score (nSPS) is 16.3. The molecular formula is C15H22N2O. The van der Waals surface area contributed by atoms with Crippen LogP contribution in [0.4, 0.5) is 0 Å². The van der Waals surface area contributed by atoms with Crippen LogP contribution in [0.25, 0.3) is 0 Å². The minimum absolute atomic E-state index is 0.0410. The van der Waals surface area contributed by atoms with E-state index in [2.05, 4.69) is 12.1 Å². The third-order valence-electron chi connectivity index (χ3n) is 3.49. The summed E-state index contributed by atoms with van der Waals surface area (Å²) in [5, 5.41) is 0. The molecule has 3 heteroatoms. The topological polar surface area (TPSA) is 46.3 Å². The Morgan fingerprint density at radius 2 is 2.06 bits per heavy atom. The molecule has 2 N–H and O–H groups in total. The monoisotopic (exact) mass is 246 g/mol. The number of nitrogens with two attached hydrogens (primary N) is 1. The van der Waals surface area contributed by atoms with Crippen molar-refractivity contribution in [1.29, 1.82) is 0 Å². The first-order chi connectivity index (χ1) is 8.72. The minimum atomic E-state index is 0.0410. The molecule has 3 nitrogen and oxygen atoms in total. The van der Waals surface area contributed by atoms with Crippen LogP contribution in [0.5, 0.6) is 0 Å². The van der Waals surface area contributed by atoms with Gasteiger partial charge in [0.15, 0.2) is 0 Å². The van der Waals surface area contributed by atoms with Crippen LogP contribution in [0, 0.1) is 5.92 Å². The molecule has 1 amide bonds. The van der Waals surface area contributed by atoms with E-state index in [9.17, 15) is 4.79 Å². The van der Waals surface area contributed by atoms with Crippen LogP contribution in [-0.4, -0.2) is 23.4 Å². The molecule has 1 aliphatic carbocycles. The maximum absolute atomic E-state index is 12.4. The lowest BCUT2D eigenvalue weighted by Crippen LogP contribution is -2.37. The molecule has 98 valence electrons. The molecule has 0 saturated heterocycles. The largest absolute Gasteiger partial charge is 0.335 e. The first-order valence-corrected chi connectivity index (χ1v) is 6.77. The molecule has 0 spiro atoms. The number of benzene rings is 1. The van der Waals surface area contributed by atoms with Crippen molar-refractivity contribution < 1.29 is 4.79 Å². The Bertz CT molecular complexity index is 387. The van der Waals surface area contributed by atoms with E-state index in [-0.39, 0.29) is 11.8 Å². The van der Waals surface area contributed by atoms with Crippen LogP contribution in [0.1, 0.15) is 31.7 Å². The lowest BCUT2D eigenvalue weighted by atomic mass is 10.1. The smallest absolute Gasteiger partial charge is 0.225 e. The molecule has 1 aromatic carbocycles. The maximum Gasteiger partial charge on any atom is 0.225 e. The van der Waals surface area contributed by atoms with Crippen LogP contribution >= 0.6 is 0 Å². The molecule has 1 fully saturated rings. The van der Waals surface area contributed by atoms with Crippen molar-refractivity contribution in [1.82, 2.24) is 4.90 Å². The van der Waals surface area contributed by atoms with Gasteiger partial charge in [-0.2, -0.15) is 0 Å². The van der Waals surface area contributed by atoms with Crippen LogP contribution < -0.4 is 5.73 Å². The van der Waals surface area contributed by atoms with E-state index in [1.54, 1.807) is 0 Å². The molecule has 0 radical (unpaired) electrons. The number of hydrogen-bond donors (Lipinski definition) is 1. The highest BCUT2D eigenvalue weighted by atomic mass is 16.2. The summed E-state index contributed by atoms with van der Waals surface area (Å²) in [5.74, 6) is 0.297. The summed E-state index contributed by atoms with van der Waals surface area (Å²) in [6, 6.07) is 10.7.